The fraction of sp³-hybridized carbons (Fsp3) is 0.182. The third kappa shape index (κ3) is 1.21. The molecule has 0 aliphatic rings. The van der Waals surface area contributed by atoms with Gasteiger partial charge in [0.25, 0.3) is 0 Å². The molecule has 2 N–H and O–H groups in total. The third-order valence-corrected chi connectivity index (χ3v) is 2.23. The van der Waals surface area contributed by atoms with E-state index in [4.69, 9.17) is 12.2 Å². The van der Waals surface area contributed by atoms with Crippen LogP contribution in [0.4, 0.5) is 5.69 Å². The Morgan fingerprint density at radius 2 is 2.36 bits per heavy atom. The molecule has 0 amide bonds. The second-order valence-corrected chi connectivity index (χ2v) is 3.25. The molecule has 1 aromatic heterocycles. The summed E-state index contributed by atoms with van der Waals surface area (Å²) in [6, 6.07) is 5.64. The molecule has 2 aromatic rings. The van der Waals surface area contributed by atoms with Gasteiger partial charge in [0, 0.05) is 11.1 Å². The van der Waals surface area contributed by atoms with Crippen LogP contribution in [0.3, 0.4) is 0 Å². The predicted octanol–water partition coefficient (Wildman–Crippen LogP) is 1.81. The van der Waals surface area contributed by atoms with Crippen LogP contribution >= 0.6 is 0 Å². The number of nitrogen functional groups attached to an aromatic ring is 1. The van der Waals surface area contributed by atoms with Crippen molar-refractivity contribution in [3.8, 4) is 12.3 Å². The SMILES string of the molecule is C#C[C@@H](C)n1ncc2ccc(N)cc21. The van der Waals surface area contributed by atoms with E-state index in [1.165, 1.54) is 0 Å². The molecule has 0 radical (unpaired) electrons. The van der Waals surface area contributed by atoms with Crippen molar-refractivity contribution in [1.29, 1.82) is 0 Å². The Morgan fingerprint density at radius 3 is 3.07 bits per heavy atom. The zero-order chi connectivity index (χ0) is 10.1. The van der Waals surface area contributed by atoms with Crippen molar-refractivity contribution >= 4 is 16.6 Å². The lowest BCUT2D eigenvalue weighted by Crippen LogP contribution is -2.03. The Bertz CT molecular complexity index is 505. The minimum atomic E-state index is -0.0469. The summed E-state index contributed by atoms with van der Waals surface area (Å²) < 4.78 is 1.80. The molecule has 0 aliphatic carbocycles. The van der Waals surface area contributed by atoms with Crippen LogP contribution in [0.5, 0.6) is 0 Å². The Balaban J connectivity index is 2.68. The molecule has 1 aromatic carbocycles. The van der Waals surface area contributed by atoms with Gasteiger partial charge in [-0.2, -0.15) is 5.10 Å². The fourth-order valence-electron chi connectivity index (χ4n) is 1.43. The standard InChI is InChI=1S/C11H11N3/c1-3-8(2)14-11-6-10(12)5-4-9(11)7-13-14/h1,4-8H,12H2,2H3/t8-/m1/s1. The zero-order valence-electron chi connectivity index (χ0n) is 7.94. The largest absolute Gasteiger partial charge is 0.399 e. The lowest BCUT2D eigenvalue weighted by Gasteiger charge is -2.06. The summed E-state index contributed by atoms with van der Waals surface area (Å²) in [6.45, 7) is 1.93. The molecule has 3 heteroatoms. The first-order chi connectivity index (χ1) is 6.72. The van der Waals surface area contributed by atoms with E-state index in [1.807, 2.05) is 25.1 Å². The average Bonchev–Trinajstić information content (AvgIpc) is 2.59. The van der Waals surface area contributed by atoms with Gasteiger partial charge < -0.3 is 5.73 Å². The number of nitrogens with zero attached hydrogens (tertiary/aromatic N) is 2. The number of hydrogen-bond donors (Lipinski definition) is 1. The summed E-state index contributed by atoms with van der Waals surface area (Å²) in [7, 11) is 0. The Hall–Kier alpha value is -1.95. The Labute approximate surface area is 82.5 Å². The van der Waals surface area contributed by atoms with Gasteiger partial charge in [-0.25, -0.2) is 0 Å². The number of aromatic nitrogens is 2. The van der Waals surface area contributed by atoms with E-state index in [-0.39, 0.29) is 6.04 Å². The number of hydrogen-bond acceptors (Lipinski definition) is 2. The average molecular weight is 185 g/mol. The van der Waals surface area contributed by atoms with Gasteiger partial charge in [-0.3, -0.25) is 4.68 Å². The van der Waals surface area contributed by atoms with E-state index in [0.717, 1.165) is 16.6 Å². The van der Waals surface area contributed by atoms with Crippen molar-refractivity contribution in [1.82, 2.24) is 9.78 Å². The minimum absolute atomic E-state index is 0.0469. The van der Waals surface area contributed by atoms with Crippen LogP contribution in [-0.4, -0.2) is 9.78 Å². The highest BCUT2D eigenvalue weighted by Gasteiger charge is 2.06. The van der Waals surface area contributed by atoms with Gasteiger partial charge in [-0.05, 0) is 25.1 Å². The third-order valence-electron chi connectivity index (χ3n) is 2.23. The monoisotopic (exact) mass is 185 g/mol. The van der Waals surface area contributed by atoms with Gasteiger partial charge >= 0.3 is 0 Å². The molecular weight excluding hydrogens is 174 g/mol. The van der Waals surface area contributed by atoms with E-state index in [2.05, 4.69) is 11.0 Å². The van der Waals surface area contributed by atoms with Crippen LogP contribution < -0.4 is 5.73 Å². The van der Waals surface area contributed by atoms with E-state index < -0.39 is 0 Å². The van der Waals surface area contributed by atoms with Crippen molar-refractivity contribution in [2.24, 2.45) is 0 Å². The molecule has 0 unspecified atom stereocenters. The summed E-state index contributed by atoms with van der Waals surface area (Å²) in [5, 5.41) is 5.28. The minimum Gasteiger partial charge on any atom is -0.399 e. The van der Waals surface area contributed by atoms with Gasteiger partial charge in [0.05, 0.1) is 11.7 Å². The number of rotatable bonds is 1. The van der Waals surface area contributed by atoms with Gasteiger partial charge in [0.15, 0.2) is 0 Å². The van der Waals surface area contributed by atoms with Crippen LogP contribution in [0.15, 0.2) is 24.4 Å². The molecule has 0 saturated carbocycles. The van der Waals surface area contributed by atoms with Crippen molar-refractivity contribution < 1.29 is 0 Å². The Morgan fingerprint density at radius 1 is 1.57 bits per heavy atom. The van der Waals surface area contributed by atoms with Crippen molar-refractivity contribution in [3.05, 3.63) is 24.4 Å². The second-order valence-electron chi connectivity index (χ2n) is 3.25. The van der Waals surface area contributed by atoms with Crippen LogP contribution in [-0.2, 0) is 0 Å². The molecule has 0 aliphatic heterocycles. The highest BCUT2D eigenvalue weighted by Crippen LogP contribution is 2.19. The molecule has 0 saturated heterocycles. The molecule has 0 fully saturated rings. The van der Waals surface area contributed by atoms with Gasteiger partial charge in [-0.15, -0.1) is 6.42 Å². The van der Waals surface area contributed by atoms with Crippen molar-refractivity contribution in [2.75, 3.05) is 5.73 Å². The quantitative estimate of drug-likeness (QED) is 0.544. The molecule has 0 bridgehead atoms. The van der Waals surface area contributed by atoms with E-state index >= 15 is 0 Å². The highest BCUT2D eigenvalue weighted by molar-refractivity contribution is 5.82. The number of terminal acetylenes is 1. The number of anilines is 1. The van der Waals surface area contributed by atoms with Gasteiger partial charge in [-0.1, -0.05) is 5.92 Å². The van der Waals surface area contributed by atoms with E-state index in [0.29, 0.717) is 0 Å². The van der Waals surface area contributed by atoms with Crippen LogP contribution in [0, 0.1) is 12.3 Å². The first-order valence-corrected chi connectivity index (χ1v) is 4.41. The molecule has 14 heavy (non-hydrogen) atoms. The number of benzene rings is 1. The topological polar surface area (TPSA) is 43.8 Å². The maximum absolute atomic E-state index is 5.70. The summed E-state index contributed by atoms with van der Waals surface area (Å²) in [6.07, 6.45) is 7.14. The second kappa shape index (κ2) is 3.08. The highest BCUT2D eigenvalue weighted by atomic mass is 15.3. The van der Waals surface area contributed by atoms with Crippen LogP contribution in [0.1, 0.15) is 13.0 Å². The molecular formula is C11H11N3. The first-order valence-electron chi connectivity index (χ1n) is 4.41. The normalized spacial score (nSPS) is 12.6. The molecule has 3 nitrogen and oxygen atoms in total. The van der Waals surface area contributed by atoms with Gasteiger partial charge in [0.2, 0.25) is 0 Å². The Kier molecular flexibility index (Phi) is 1.90. The predicted molar refractivity (Wildman–Crippen MR) is 57.7 cm³/mol. The van der Waals surface area contributed by atoms with Gasteiger partial charge in [0.1, 0.15) is 6.04 Å². The fourth-order valence-corrected chi connectivity index (χ4v) is 1.43. The summed E-state index contributed by atoms with van der Waals surface area (Å²) in [4.78, 5) is 0. The zero-order valence-corrected chi connectivity index (χ0v) is 7.94. The molecule has 1 atom stereocenters. The first kappa shape index (κ1) is 8.64. The molecule has 70 valence electrons. The lowest BCUT2D eigenvalue weighted by molar-refractivity contribution is 0.618. The smallest absolute Gasteiger partial charge is 0.110 e. The molecule has 2 rings (SSSR count). The van der Waals surface area contributed by atoms with Crippen LogP contribution in [0.25, 0.3) is 10.9 Å². The number of nitrogens with two attached hydrogens (primary N) is 1. The van der Waals surface area contributed by atoms with Crippen molar-refractivity contribution in [3.63, 3.8) is 0 Å². The number of fused-ring (bicyclic) bond motifs is 1. The van der Waals surface area contributed by atoms with E-state index in [1.54, 1.807) is 10.9 Å². The lowest BCUT2D eigenvalue weighted by atomic mass is 10.2. The van der Waals surface area contributed by atoms with E-state index in [9.17, 15) is 0 Å². The summed E-state index contributed by atoms with van der Waals surface area (Å²) in [5.74, 6) is 2.64. The summed E-state index contributed by atoms with van der Waals surface area (Å²) >= 11 is 0. The molecule has 1 heterocycles. The molecule has 0 spiro atoms. The van der Waals surface area contributed by atoms with Crippen LogP contribution in [0.2, 0.25) is 0 Å². The van der Waals surface area contributed by atoms with Crippen molar-refractivity contribution in [2.45, 2.75) is 13.0 Å². The maximum atomic E-state index is 5.70. The summed E-state index contributed by atoms with van der Waals surface area (Å²) in [5.41, 5.74) is 7.41. The maximum Gasteiger partial charge on any atom is 0.110 e.